The molecular formula is C16H28N6S. The minimum absolute atomic E-state index is 0.264. The molecule has 1 saturated heterocycles. The van der Waals surface area contributed by atoms with Crippen LogP contribution in [0.1, 0.15) is 33.5 Å². The largest absolute Gasteiger partial charge is 0.349 e. The minimum atomic E-state index is 0.264. The lowest BCUT2D eigenvalue weighted by atomic mass is 10.2. The number of aromatic nitrogens is 3. The van der Waals surface area contributed by atoms with Gasteiger partial charge in [0.1, 0.15) is 12.2 Å². The predicted molar refractivity (Wildman–Crippen MR) is 95.7 cm³/mol. The molecule has 0 aromatic carbocycles. The number of thioether (sulfide) groups is 1. The Balaban J connectivity index is 1.51. The van der Waals surface area contributed by atoms with E-state index in [0.29, 0.717) is 5.92 Å². The molecule has 1 fully saturated rings. The summed E-state index contributed by atoms with van der Waals surface area (Å²) in [5.41, 5.74) is 0. The van der Waals surface area contributed by atoms with Crippen molar-refractivity contribution in [2.75, 3.05) is 32.7 Å². The molecule has 0 atom stereocenters. The van der Waals surface area contributed by atoms with E-state index in [-0.39, 0.29) is 4.75 Å². The highest BCUT2D eigenvalue weighted by molar-refractivity contribution is 8.15. The van der Waals surface area contributed by atoms with Crippen LogP contribution in [-0.2, 0) is 13.1 Å². The molecule has 23 heavy (non-hydrogen) atoms. The Hall–Kier alpha value is -1.08. The average molecular weight is 337 g/mol. The lowest BCUT2D eigenvalue weighted by molar-refractivity contribution is 0.171. The molecule has 6 nitrogen and oxygen atoms in total. The van der Waals surface area contributed by atoms with Crippen molar-refractivity contribution in [3.05, 3.63) is 12.2 Å². The van der Waals surface area contributed by atoms with Gasteiger partial charge in [-0.3, -0.25) is 9.89 Å². The van der Waals surface area contributed by atoms with E-state index >= 15 is 0 Å². The zero-order valence-corrected chi connectivity index (χ0v) is 15.5. The van der Waals surface area contributed by atoms with Gasteiger partial charge in [0.15, 0.2) is 5.17 Å². The second-order valence-electron chi connectivity index (χ2n) is 7.48. The van der Waals surface area contributed by atoms with Crippen LogP contribution < -0.4 is 0 Å². The van der Waals surface area contributed by atoms with Gasteiger partial charge in [0.25, 0.3) is 0 Å². The maximum absolute atomic E-state index is 4.72. The highest BCUT2D eigenvalue weighted by Gasteiger charge is 2.31. The molecular weight excluding hydrogens is 308 g/mol. The van der Waals surface area contributed by atoms with Crippen LogP contribution in [0.15, 0.2) is 11.3 Å². The number of aliphatic imine (C=N–C) groups is 1. The number of hydrogen-bond donors (Lipinski definition) is 0. The molecule has 2 aliphatic rings. The second-order valence-corrected chi connectivity index (χ2v) is 9.15. The molecule has 1 aromatic heterocycles. The van der Waals surface area contributed by atoms with Gasteiger partial charge in [-0.25, -0.2) is 9.67 Å². The third-order valence-electron chi connectivity index (χ3n) is 4.20. The molecule has 7 heteroatoms. The summed E-state index contributed by atoms with van der Waals surface area (Å²) in [7, 11) is 0. The Morgan fingerprint density at radius 2 is 1.96 bits per heavy atom. The van der Waals surface area contributed by atoms with Crippen LogP contribution >= 0.6 is 11.8 Å². The standard InChI is InChI=1S/C16H28N6S/c1-13(2)9-22-14(18-12-19-22)10-20-5-7-21(8-6-20)15-17-11-16(3,4)23-15/h12-13H,5-11H2,1-4H3. The summed E-state index contributed by atoms with van der Waals surface area (Å²) in [6.45, 7) is 16.0. The molecule has 0 bridgehead atoms. The number of rotatable bonds is 4. The Bertz CT molecular complexity index is 557. The van der Waals surface area contributed by atoms with Crippen LogP contribution in [-0.4, -0.2) is 67.2 Å². The Morgan fingerprint density at radius 1 is 1.22 bits per heavy atom. The molecule has 3 rings (SSSR count). The van der Waals surface area contributed by atoms with Crippen molar-refractivity contribution in [2.45, 2.75) is 45.5 Å². The molecule has 0 aliphatic carbocycles. The lowest BCUT2D eigenvalue weighted by Gasteiger charge is -2.35. The van der Waals surface area contributed by atoms with E-state index in [0.717, 1.165) is 51.6 Å². The van der Waals surface area contributed by atoms with Gasteiger partial charge in [0.2, 0.25) is 0 Å². The van der Waals surface area contributed by atoms with Gasteiger partial charge in [0, 0.05) is 37.5 Å². The van der Waals surface area contributed by atoms with E-state index in [1.54, 1.807) is 6.33 Å². The van der Waals surface area contributed by atoms with Crippen molar-refractivity contribution < 1.29 is 0 Å². The molecule has 0 amide bonds. The normalized spacial score (nSPS) is 22.0. The van der Waals surface area contributed by atoms with Crippen molar-refractivity contribution in [3.8, 4) is 0 Å². The van der Waals surface area contributed by atoms with E-state index in [9.17, 15) is 0 Å². The molecule has 0 unspecified atom stereocenters. The van der Waals surface area contributed by atoms with Gasteiger partial charge in [-0.1, -0.05) is 25.6 Å². The SMILES string of the molecule is CC(C)Cn1ncnc1CN1CCN(C2=NCC(C)(C)S2)CC1. The average Bonchev–Trinajstić information content (AvgIpc) is 3.06. The van der Waals surface area contributed by atoms with Crippen LogP contribution in [0.4, 0.5) is 0 Å². The first kappa shape index (κ1) is 16.8. The fourth-order valence-electron chi connectivity index (χ4n) is 2.94. The van der Waals surface area contributed by atoms with E-state index < -0.39 is 0 Å². The molecule has 0 saturated carbocycles. The third kappa shape index (κ3) is 4.26. The van der Waals surface area contributed by atoms with E-state index in [1.807, 2.05) is 11.8 Å². The van der Waals surface area contributed by atoms with Crippen molar-refractivity contribution in [1.82, 2.24) is 24.6 Å². The highest BCUT2D eigenvalue weighted by atomic mass is 32.2. The minimum Gasteiger partial charge on any atom is -0.349 e. The van der Waals surface area contributed by atoms with Gasteiger partial charge in [-0.15, -0.1) is 0 Å². The van der Waals surface area contributed by atoms with E-state index in [4.69, 9.17) is 4.99 Å². The first-order valence-electron chi connectivity index (χ1n) is 8.50. The molecule has 1 aromatic rings. The van der Waals surface area contributed by atoms with Crippen molar-refractivity contribution in [3.63, 3.8) is 0 Å². The van der Waals surface area contributed by atoms with Crippen molar-refractivity contribution >= 4 is 16.9 Å². The van der Waals surface area contributed by atoms with Gasteiger partial charge in [0.05, 0.1) is 13.1 Å². The number of amidine groups is 1. The smallest absolute Gasteiger partial charge is 0.159 e. The van der Waals surface area contributed by atoms with Crippen LogP contribution in [0.5, 0.6) is 0 Å². The quantitative estimate of drug-likeness (QED) is 0.841. The summed E-state index contributed by atoms with van der Waals surface area (Å²) < 4.78 is 2.32. The van der Waals surface area contributed by atoms with Gasteiger partial charge in [-0.2, -0.15) is 5.10 Å². The number of hydrogen-bond acceptors (Lipinski definition) is 6. The summed E-state index contributed by atoms with van der Waals surface area (Å²) in [6.07, 6.45) is 1.68. The first-order chi connectivity index (χ1) is 10.9. The van der Waals surface area contributed by atoms with Crippen molar-refractivity contribution in [1.29, 1.82) is 0 Å². The summed E-state index contributed by atoms with van der Waals surface area (Å²) in [5, 5.41) is 5.60. The van der Waals surface area contributed by atoms with E-state index in [2.05, 4.69) is 52.3 Å². The summed E-state index contributed by atoms with van der Waals surface area (Å²) in [6, 6.07) is 0. The number of nitrogens with zero attached hydrogens (tertiary/aromatic N) is 6. The van der Waals surface area contributed by atoms with Gasteiger partial charge in [-0.05, 0) is 19.8 Å². The van der Waals surface area contributed by atoms with Gasteiger partial charge >= 0.3 is 0 Å². The third-order valence-corrected chi connectivity index (χ3v) is 5.46. The fraction of sp³-hybridized carbons (Fsp3) is 0.812. The predicted octanol–water partition coefficient (Wildman–Crippen LogP) is 1.93. The van der Waals surface area contributed by atoms with Crippen LogP contribution in [0.2, 0.25) is 0 Å². The lowest BCUT2D eigenvalue weighted by Crippen LogP contribution is -2.47. The van der Waals surface area contributed by atoms with Crippen molar-refractivity contribution in [2.24, 2.45) is 10.9 Å². The highest BCUT2D eigenvalue weighted by Crippen LogP contribution is 2.33. The Morgan fingerprint density at radius 3 is 2.57 bits per heavy atom. The molecule has 2 aliphatic heterocycles. The van der Waals surface area contributed by atoms with Crippen LogP contribution in [0.25, 0.3) is 0 Å². The zero-order valence-electron chi connectivity index (χ0n) is 14.7. The first-order valence-corrected chi connectivity index (χ1v) is 9.32. The van der Waals surface area contributed by atoms with E-state index in [1.165, 1.54) is 5.17 Å². The summed E-state index contributed by atoms with van der Waals surface area (Å²) in [5.74, 6) is 1.67. The molecule has 3 heterocycles. The Labute approximate surface area is 143 Å². The summed E-state index contributed by atoms with van der Waals surface area (Å²) >= 11 is 1.92. The molecule has 0 radical (unpaired) electrons. The number of piperazine rings is 1. The maximum Gasteiger partial charge on any atom is 0.159 e. The summed E-state index contributed by atoms with van der Waals surface area (Å²) in [4.78, 5) is 14.1. The molecule has 0 N–H and O–H groups in total. The topological polar surface area (TPSA) is 49.6 Å². The maximum atomic E-state index is 4.72. The monoisotopic (exact) mass is 336 g/mol. The fourth-order valence-corrected chi connectivity index (χ4v) is 4.00. The van der Waals surface area contributed by atoms with Gasteiger partial charge < -0.3 is 4.90 Å². The second kappa shape index (κ2) is 6.81. The van der Waals surface area contributed by atoms with Crippen LogP contribution in [0, 0.1) is 5.92 Å². The van der Waals surface area contributed by atoms with Crippen LogP contribution in [0.3, 0.4) is 0 Å². The molecule has 128 valence electrons. The molecule has 0 spiro atoms. The zero-order chi connectivity index (χ0) is 16.4. The Kier molecular flexibility index (Phi) is 4.96.